The Labute approximate surface area is 114 Å². The SMILES string of the molecule is COC(=O)c1cccc(N2CC(S(=O)(=O)F)CC2=O)n1. The summed E-state index contributed by atoms with van der Waals surface area (Å²) in [5, 5.41) is -1.40. The highest BCUT2D eigenvalue weighted by Crippen LogP contribution is 2.24. The van der Waals surface area contributed by atoms with Crippen molar-refractivity contribution in [2.45, 2.75) is 11.7 Å². The molecule has 0 radical (unpaired) electrons. The van der Waals surface area contributed by atoms with Crippen molar-refractivity contribution < 1.29 is 26.6 Å². The zero-order valence-electron chi connectivity index (χ0n) is 10.4. The van der Waals surface area contributed by atoms with E-state index in [-0.39, 0.29) is 18.1 Å². The molecule has 1 aromatic heterocycles. The fourth-order valence-electron chi connectivity index (χ4n) is 1.88. The molecule has 0 spiro atoms. The summed E-state index contributed by atoms with van der Waals surface area (Å²) in [5.41, 5.74) is -0.0237. The van der Waals surface area contributed by atoms with Crippen LogP contribution in [0.5, 0.6) is 0 Å². The number of amides is 1. The van der Waals surface area contributed by atoms with Gasteiger partial charge in [-0.1, -0.05) is 6.07 Å². The van der Waals surface area contributed by atoms with Crippen molar-refractivity contribution in [2.24, 2.45) is 0 Å². The standard InChI is InChI=1S/C11H11FN2O5S/c1-19-11(16)8-3-2-4-9(13-8)14-6-7(5-10(14)15)20(12,17)18/h2-4,7H,5-6H2,1H3. The van der Waals surface area contributed by atoms with E-state index in [1.165, 1.54) is 25.3 Å². The van der Waals surface area contributed by atoms with Gasteiger partial charge in [-0.25, -0.2) is 9.78 Å². The van der Waals surface area contributed by atoms with Crippen LogP contribution in [0, 0.1) is 0 Å². The second-order valence-electron chi connectivity index (χ2n) is 4.18. The van der Waals surface area contributed by atoms with Crippen LogP contribution in [0.2, 0.25) is 0 Å². The van der Waals surface area contributed by atoms with Gasteiger partial charge in [-0.05, 0) is 12.1 Å². The Bertz CT molecular complexity index is 661. The molecular weight excluding hydrogens is 291 g/mol. The van der Waals surface area contributed by atoms with Gasteiger partial charge >= 0.3 is 16.2 Å². The average molecular weight is 302 g/mol. The van der Waals surface area contributed by atoms with E-state index < -0.39 is 33.8 Å². The number of carbonyl (C=O) groups excluding carboxylic acids is 2. The van der Waals surface area contributed by atoms with E-state index in [4.69, 9.17) is 0 Å². The quantitative estimate of drug-likeness (QED) is 0.588. The molecule has 1 aromatic rings. The van der Waals surface area contributed by atoms with Crippen LogP contribution in [0.15, 0.2) is 18.2 Å². The Hall–Kier alpha value is -2.03. The number of hydrogen-bond donors (Lipinski definition) is 0. The minimum absolute atomic E-state index is 0.0237. The first-order valence-corrected chi connectivity index (χ1v) is 7.07. The number of ether oxygens (including phenoxy) is 1. The Morgan fingerprint density at radius 1 is 1.50 bits per heavy atom. The molecule has 1 aliphatic heterocycles. The van der Waals surface area contributed by atoms with Gasteiger partial charge in [0.15, 0.2) is 5.69 Å². The largest absolute Gasteiger partial charge is 0.464 e. The van der Waals surface area contributed by atoms with Gasteiger partial charge in [-0.2, -0.15) is 8.42 Å². The molecule has 0 aromatic carbocycles. The molecular formula is C11H11FN2O5S. The van der Waals surface area contributed by atoms with Crippen molar-refractivity contribution in [3.63, 3.8) is 0 Å². The Balaban J connectivity index is 2.29. The van der Waals surface area contributed by atoms with Gasteiger partial charge in [0.05, 0.1) is 7.11 Å². The molecule has 20 heavy (non-hydrogen) atoms. The Kier molecular flexibility index (Phi) is 3.71. The van der Waals surface area contributed by atoms with Crippen LogP contribution >= 0.6 is 0 Å². The normalized spacial score (nSPS) is 19.2. The highest BCUT2D eigenvalue weighted by molar-refractivity contribution is 7.87. The lowest BCUT2D eigenvalue weighted by atomic mass is 10.3. The van der Waals surface area contributed by atoms with Crippen LogP contribution in [-0.2, 0) is 19.8 Å². The fourth-order valence-corrected chi connectivity index (χ4v) is 2.55. The molecule has 0 N–H and O–H groups in total. The van der Waals surface area contributed by atoms with Crippen molar-refractivity contribution in [1.29, 1.82) is 0 Å². The lowest BCUT2D eigenvalue weighted by Gasteiger charge is -2.15. The first kappa shape index (κ1) is 14.4. The van der Waals surface area contributed by atoms with Crippen LogP contribution in [0.25, 0.3) is 0 Å². The van der Waals surface area contributed by atoms with E-state index in [1.54, 1.807) is 0 Å². The third-order valence-electron chi connectivity index (χ3n) is 2.89. The van der Waals surface area contributed by atoms with Gasteiger partial charge in [0.1, 0.15) is 11.1 Å². The molecule has 1 saturated heterocycles. The summed E-state index contributed by atoms with van der Waals surface area (Å²) in [6, 6.07) is 4.29. The van der Waals surface area contributed by atoms with E-state index >= 15 is 0 Å². The maximum Gasteiger partial charge on any atom is 0.356 e. The number of carbonyl (C=O) groups is 2. The monoisotopic (exact) mass is 302 g/mol. The summed E-state index contributed by atoms with van der Waals surface area (Å²) >= 11 is 0. The molecule has 0 aliphatic carbocycles. The zero-order chi connectivity index (χ0) is 14.9. The van der Waals surface area contributed by atoms with Crippen LogP contribution in [0.4, 0.5) is 9.70 Å². The summed E-state index contributed by atoms with van der Waals surface area (Å²) in [5.74, 6) is -1.16. The molecule has 9 heteroatoms. The van der Waals surface area contributed by atoms with E-state index in [0.29, 0.717) is 0 Å². The summed E-state index contributed by atoms with van der Waals surface area (Å²) in [4.78, 5) is 28.0. The lowest BCUT2D eigenvalue weighted by Crippen LogP contribution is -2.28. The molecule has 2 rings (SSSR count). The smallest absolute Gasteiger partial charge is 0.356 e. The average Bonchev–Trinajstić information content (AvgIpc) is 2.80. The number of aromatic nitrogens is 1. The van der Waals surface area contributed by atoms with Gasteiger partial charge in [0.25, 0.3) is 0 Å². The van der Waals surface area contributed by atoms with Crippen molar-refractivity contribution in [3.8, 4) is 0 Å². The van der Waals surface area contributed by atoms with Gasteiger partial charge in [-0.3, -0.25) is 9.69 Å². The van der Waals surface area contributed by atoms with E-state index in [9.17, 15) is 21.9 Å². The number of rotatable bonds is 3. The van der Waals surface area contributed by atoms with Crippen molar-refractivity contribution in [1.82, 2.24) is 4.98 Å². The van der Waals surface area contributed by atoms with Crippen molar-refractivity contribution in [3.05, 3.63) is 23.9 Å². The summed E-state index contributed by atoms with van der Waals surface area (Å²) in [7, 11) is -3.61. The summed E-state index contributed by atoms with van der Waals surface area (Å²) in [6.45, 7) is -0.324. The number of nitrogens with zero attached hydrogens (tertiary/aromatic N) is 2. The minimum Gasteiger partial charge on any atom is -0.464 e. The first-order chi connectivity index (χ1) is 9.32. The third kappa shape index (κ3) is 2.77. The number of halogens is 1. The number of esters is 1. The van der Waals surface area contributed by atoms with Crippen molar-refractivity contribution >= 4 is 27.9 Å². The third-order valence-corrected chi connectivity index (χ3v) is 4.01. The summed E-state index contributed by atoms with van der Waals surface area (Å²) in [6.07, 6.45) is -0.442. The van der Waals surface area contributed by atoms with Gasteiger partial charge in [-0.15, -0.1) is 3.89 Å². The lowest BCUT2D eigenvalue weighted by molar-refractivity contribution is -0.117. The van der Waals surface area contributed by atoms with E-state index in [1.807, 2.05) is 0 Å². The van der Waals surface area contributed by atoms with Crippen LogP contribution in [0.1, 0.15) is 16.9 Å². The molecule has 108 valence electrons. The molecule has 1 amide bonds. The molecule has 1 unspecified atom stereocenters. The Morgan fingerprint density at radius 2 is 2.20 bits per heavy atom. The zero-order valence-corrected chi connectivity index (χ0v) is 11.3. The van der Waals surface area contributed by atoms with E-state index in [2.05, 4.69) is 9.72 Å². The Morgan fingerprint density at radius 3 is 2.75 bits per heavy atom. The summed E-state index contributed by atoms with van der Waals surface area (Å²) < 4.78 is 39.1. The van der Waals surface area contributed by atoms with E-state index in [0.717, 1.165) is 4.90 Å². The molecule has 1 fully saturated rings. The molecule has 2 heterocycles. The molecule has 1 aliphatic rings. The molecule has 1 atom stereocenters. The van der Waals surface area contributed by atoms with Gasteiger partial charge in [0, 0.05) is 13.0 Å². The highest BCUT2D eigenvalue weighted by atomic mass is 32.3. The molecule has 0 saturated carbocycles. The predicted octanol–water partition coefficient (Wildman–Crippen LogP) is 0.273. The van der Waals surface area contributed by atoms with Crippen LogP contribution in [-0.4, -0.2) is 44.2 Å². The number of anilines is 1. The number of hydrogen-bond acceptors (Lipinski definition) is 6. The number of methoxy groups -OCH3 is 1. The first-order valence-electron chi connectivity index (χ1n) is 5.62. The maximum atomic E-state index is 12.9. The van der Waals surface area contributed by atoms with Gasteiger partial charge in [0.2, 0.25) is 5.91 Å². The predicted molar refractivity (Wildman–Crippen MR) is 66.4 cm³/mol. The van der Waals surface area contributed by atoms with Gasteiger partial charge < -0.3 is 4.74 Å². The minimum atomic E-state index is -4.79. The number of pyridine rings is 1. The fraction of sp³-hybridized carbons (Fsp3) is 0.364. The maximum absolute atomic E-state index is 12.9. The molecule has 7 nitrogen and oxygen atoms in total. The van der Waals surface area contributed by atoms with Crippen LogP contribution < -0.4 is 4.90 Å². The second kappa shape index (κ2) is 5.16. The van der Waals surface area contributed by atoms with Crippen LogP contribution in [0.3, 0.4) is 0 Å². The van der Waals surface area contributed by atoms with Crippen molar-refractivity contribution in [2.75, 3.05) is 18.6 Å². The second-order valence-corrected chi connectivity index (χ2v) is 5.80. The highest BCUT2D eigenvalue weighted by Gasteiger charge is 2.39. The topological polar surface area (TPSA) is 93.6 Å². The molecule has 0 bridgehead atoms.